The normalized spacial score (nSPS) is 19.9. The van der Waals surface area contributed by atoms with E-state index in [-0.39, 0.29) is 5.95 Å². The Morgan fingerprint density at radius 1 is 0.905 bits per heavy atom. The Labute approximate surface area is 125 Å². The average molecular weight is 292 g/mol. The number of nitrogens with two attached hydrogens (primary N) is 1. The molecule has 2 N–H and O–H groups in total. The molecule has 0 saturated carbocycles. The molecule has 1 aromatic heterocycles. The second kappa shape index (κ2) is 6.89. The zero-order chi connectivity index (χ0) is 14.5. The molecule has 3 heterocycles. The number of piperidine rings is 1. The van der Waals surface area contributed by atoms with Gasteiger partial charge in [-0.3, -0.25) is 4.90 Å². The minimum atomic E-state index is 0.236. The fraction of sp³-hybridized carbons (Fsp3) is 0.786. The minimum Gasteiger partial charge on any atom is -0.462 e. The van der Waals surface area contributed by atoms with E-state index in [0.717, 1.165) is 19.6 Å². The molecule has 116 valence electrons. The maximum atomic E-state index is 5.76. The van der Waals surface area contributed by atoms with Crippen molar-refractivity contribution < 1.29 is 4.74 Å². The third-order valence-corrected chi connectivity index (χ3v) is 4.10. The van der Waals surface area contributed by atoms with Crippen LogP contribution in [0.5, 0.6) is 6.01 Å². The van der Waals surface area contributed by atoms with Gasteiger partial charge in [-0.25, -0.2) is 0 Å². The number of nitrogens with zero attached hydrogens (tertiary/aromatic N) is 5. The molecule has 0 bridgehead atoms. The van der Waals surface area contributed by atoms with Gasteiger partial charge in [0.05, 0.1) is 0 Å². The molecule has 0 atom stereocenters. The van der Waals surface area contributed by atoms with E-state index in [9.17, 15) is 0 Å². The second-order valence-electron chi connectivity index (χ2n) is 5.72. The molecule has 0 aliphatic carbocycles. The molecule has 1 aromatic rings. The van der Waals surface area contributed by atoms with Crippen LogP contribution in [0.25, 0.3) is 0 Å². The molecule has 0 amide bonds. The highest BCUT2D eigenvalue weighted by atomic mass is 16.5. The van der Waals surface area contributed by atoms with E-state index in [1.165, 1.54) is 45.2 Å². The van der Waals surface area contributed by atoms with Crippen molar-refractivity contribution in [1.82, 2.24) is 19.9 Å². The molecule has 3 rings (SSSR count). The van der Waals surface area contributed by atoms with Gasteiger partial charge < -0.3 is 15.4 Å². The van der Waals surface area contributed by atoms with Crippen LogP contribution < -0.4 is 15.4 Å². The summed E-state index contributed by atoms with van der Waals surface area (Å²) in [5.74, 6) is 0.882. The molecule has 2 fully saturated rings. The van der Waals surface area contributed by atoms with Crippen molar-refractivity contribution in [2.45, 2.75) is 32.1 Å². The highest BCUT2D eigenvalue weighted by Gasteiger charge is 2.17. The van der Waals surface area contributed by atoms with Gasteiger partial charge in [-0.1, -0.05) is 6.42 Å². The Kier molecular flexibility index (Phi) is 4.69. The van der Waals surface area contributed by atoms with Crippen LogP contribution in [0.3, 0.4) is 0 Å². The van der Waals surface area contributed by atoms with Crippen LogP contribution in [0.2, 0.25) is 0 Å². The standard InChI is InChI=1S/C14H24N6O/c15-12-16-13(20-8-4-5-9-20)18-14(17-12)21-11-10-19-6-2-1-3-7-19/h1-11H2,(H2,15,16,17,18). The second-order valence-corrected chi connectivity index (χ2v) is 5.72. The van der Waals surface area contributed by atoms with Crippen LogP contribution in [-0.4, -0.2) is 59.2 Å². The predicted octanol–water partition coefficient (Wildman–Crippen LogP) is 0.919. The van der Waals surface area contributed by atoms with Gasteiger partial charge in [0, 0.05) is 19.6 Å². The van der Waals surface area contributed by atoms with Gasteiger partial charge in [0.2, 0.25) is 11.9 Å². The summed E-state index contributed by atoms with van der Waals surface area (Å²) < 4.78 is 5.68. The number of likely N-dealkylation sites (tertiary alicyclic amines) is 1. The highest BCUT2D eigenvalue weighted by Crippen LogP contribution is 2.18. The number of nitrogen functional groups attached to an aromatic ring is 1. The summed E-state index contributed by atoms with van der Waals surface area (Å²) in [5.41, 5.74) is 5.76. The molecule has 2 aliphatic rings. The average Bonchev–Trinajstić information content (AvgIpc) is 3.02. The van der Waals surface area contributed by atoms with E-state index in [0.29, 0.717) is 18.6 Å². The van der Waals surface area contributed by atoms with E-state index >= 15 is 0 Å². The molecule has 2 aliphatic heterocycles. The summed E-state index contributed by atoms with van der Waals surface area (Å²) in [6.45, 7) is 5.82. The summed E-state index contributed by atoms with van der Waals surface area (Å²) in [7, 11) is 0. The summed E-state index contributed by atoms with van der Waals surface area (Å²) in [6, 6.07) is 0.349. The quantitative estimate of drug-likeness (QED) is 0.864. The number of hydrogen-bond acceptors (Lipinski definition) is 7. The lowest BCUT2D eigenvalue weighted by atomic mass is 10.1. The van der Waals surface area contributed by atoms with Crippen molar-refractivity contribution >= 4 is 11.9 Å². The summed E-state index contributed by atoms with van der Waals surface area (Å²) in [6.07, 6.45) is 6.28. The third kappa shape index (κ3) is 3.93. The first-order chi connectivity index (χ1) is 10.3. The molecule has 7 heteroatoms. The first-order valence-electron chi connectivity index (χ1n) is 7.93. The Morgan fingerprint density at radius 3 is 2.38 bits per heavy atom. The SMILES string of the molecule is Nc1nc(OCCN2CCCCC2)nc(N2CCCC2)n1. The number of rotatable bonds is 5. The van der Waals surface area contributed by atoms with Crippen molar-refractivity contribution in [3.63, 3.8) is 0 Å². The number of anilines is 2. The van der Waals surface area contributed by atoms with Crippen LogP contribution in [0.1, 0.15) is 32.1 Å². The van der Waals surface area contributed by atoms with Crippen LogP contribution in [0.15, 0.2) is 0 Å². The largest absolute Gasteiger partial charge is 0.462 e. The van der Waals surface area contributed by atoms with Crippen molar-refractivity contribution in [2.75, 3.05) is 50.0 Å². The lowest BCUT2D eigenvalue weighted by Crippen LogP contribution is -2.33. The molecular weight excluding hydrogens is 268 g/mol. The fourth-order valence-corrected chi connectivity index (χ4v) is 2.93. The molecule has 0 radical (unpaired) electrons. The Bertz CT molecular complexity index is 457. The van der Waals surface area contributed by atoms with Gasteiger partial charge in [-0.15, -0.1) is 0 Å². The predicted molar refractivity (Wildman–Crippen MR) is 81.5 cm³/mol. The van der Waals surface area contributed by atoms with Crippen molar-refractivity contribution in [1.29, 1.82) is 0 Å². The maximum Gasteiger partial charge on any atom is 0.323 e. The zero-order valence-corrected chi connectivity index (χ0v) is 12.5. The number of aromatic nitrogens is 3. The molecule has 7 nitrogen and oxygen atoms in total. The van der Waals surface area contributed by atoms with Gasteiger partial charge in [0.25, 0.3) is 0 Å². The Hall–Kier alpha value is -1.63. The lowest BCUT2D eigenvalue weighted by Gasteiger charge is -2.25. The van der Waals surface area contributed by atoms with Gasteiger partial charge >= 0.3 is 6.01 Å². The van der Waals surface area contributed by atoms with Crippen LogP contribution >= 0.6 is 0 Å². The van der Waals surface area contributed by atoms with Crippen LogP contribution in [0.4, 0.5) is 11.9 Å². The molecule has 2 saturated heterocycles. The minimum absolute atomic E-state index is 0.236. The third-order valence-electron chi connectivity index (χ3n) is 4.10. The smallest absolute Gasteiger partial charge is 0.323 e. The van der Waals surface area contributed by atoms with Crippen molar-refractivity contribution in [2.24, 2.45) is 0 Å². The van der Waals surface area contributed by atoms with Gasteiger partial charge in [-0.05, 0) is 38.8 Å². The molecule has 21 heavy (non-hydrogen) atoms. The summed E-state index contributed by atoms with van der Waals surface area (Å²) in [5, 5.41) is 0. The topological polar surface area (TPSA) is 80.4 Å². The lowest BCUT2D eigenvalue weighted by molar-refractivity contribution is 0.177. The van der Waals surface area contributed by atoms with Crippen LogP contribution in [-0.2, 0) is 0 Å². The van der Waals surface area contributed by atoms with Gasteiger partial charge in [0.1, 0.15) is 6.61 Å². The number of hydrogen-bond donors (Lipinski definition) is 1. The first-order valence-corrected chi connectivity index (χ1v) is 7.93. The monoisotopic (exact) mass is 292 g/mol. The van der Waals surface area contributed by atoms with E-state index in [4.69, 9.17) is 10.5 Å². The Morgan fingerprint density at radius 2 is 1.62 bits per heavy atom. The fourth-order valence-electron chi connectivity index (χ4n) is 2.93. The first kappa shape index (κ1) is 14.3. The van der Waals surface area contributed by atoms with Crippen LogP contribution in [0, 0.1) is 0 Å². The highest BCUT2D eigenvalue weighted by molar-refractivity contribution is 5.36. The maximum absolute atomic E-state index is 5.76. The van der Waals surface area contributed by atoms with Gasteiger partial charge in [0.15, 0.2) is 0 Å². The van der Waals surface area contributed by atoms with E-state index in [1.54, 1.807) is 0 Å². The number of ether oxygens (including phenoxy) is 1. The Balaban J connectivity index is 1.54. The van der Waals surface area contributed by atoms with E-state index < -0.39 is 0 Å². The molecule has 0 aromatic carbocycles. The summed E-state index contributed by atoms with van der Waals surface area (Å²) >= 11 is 0. The zero-order valence-electron chi connectivity index (χ0n) is 12.5. The molecule has 0 unspecified atom stereocenters. The van der Waals surface area contributed by atoms with Gasteiger partial charge in [-0.2, -0.15) is 15.0 Å². The van der Waals surface area contributed by atoms with Crippen molar-refractivity contribution in [3.05, 3.63) is 0 Å². The molecule has 0 spiro atoms. The summed E-state index contributed by atoms with van der Waals surface area (Å²) in [4.78, 5) is 17.2. The molecular formula is C14H24N6O. The van der Waals surface area contributed by atoms with E-state index in [2.05, 4.69) is 24.8 Å². The van der Waals surface area contributed by atoms with Crippen molar-refractivity contribution in [3.8, 4) is 6.01 Å². The van der Waals surface area contributed by atoms with E-state index in [1.807, 2.05) is 0 Å².